The smallest absolute Gasteiger partial charge is 0.264 e. The number of rotatable bonds is 13. The Bertz CT molecular complexity index is 1740. The first kappa shape index (κ1) is 33.6. The third kappa shape index (κ3) is 8.08. The number of hydrogen-bond acceptors (Lipinski definition) is 6. The molecule has 45 heavy (non-hydrogen) atoms. The van der Waals surface area contributed by atoms with Gasteiger partial charge in [0.05, 0.1) is 34.8 Å². The Morgan fingerprint density at radius 2 is 1.44 bits per heavy atom. The van der Waals surface area contributed by atoms with Crippen molar-refractivity contribution in [2.75, 3.05) is 32.1 Å². The average Bonchev–Trinajstić information content (AvgIpc) is 3.06. The first-order chi connectivity index (χ1) is 21.6. The van der Waals surface area contributed by atoms with Gasteiger partial charge in [0.1, 0.15) is 12.6 Å². The van der Waals surface area contributed by atoms with Gasteiger partial charge in [-0.1, -0.05) is 77.8 Å². The highest BCUT2D eigenvalue weighted by Gasteiger charge is 2.34. The van der Waals surface area contributed by atoms with E-state index in [-0.39, 0.29) is 34.3 Å². The second-order valence-corrected chi connectivity index (χ2v) is 12.6. The Balaban J connectivity index is 1.80. The van der Waals surface area contributed by atoms with Gasteiger partial charge in [-0.2, -0.15) is 0 Å². The monoisotopic (exact) mass is 669 g/mol. The number of likely N-dealkylation sites (N-methyl/N-ethyl adjacent to an activating group) is 1. The third-order valence-electron chi connectivity index (χ3n) is 7.12. The molecule has 236 valence electrons. The summed E-state index contributed by atoms with van der Waals surface area (Å²) < 4.78 is 40.0. The molecule has 0 aliphatic heterocycles. The van der Waals surface area contributed by atoms with Gasteiger partial charge >= 0.3 is 0 Å². The van der Waals surface area contributed by atoms with E-state index in [4.69, 9.17) is 32.7 Å². The summed E-state index contributed by atoms with van der Waals surface area (Å²) >= 11 is 12.4. The molecule has 0 fully saturated rings. The lowest BCUT2D eigenvalue weighted by atomic mass is 10.0. The summed E-state index contributed by atoms with van der Waals surface area (Å²) in [5.41, 5.74) is 1.68. The minimum Gasteiger partial charge on any atom is -0.493 e. The number of carbonyl (C=O) groups is 2. The van der Waals surface area contributed by atoms with Gasteiger partial charge in [0.25, 0.3) is 10.0 Å². The van der Waals surface area contributed by atoms with Crippen molar-refractivity contribution in [1.29, 1.82) is 0 Å². The standard InChI is InChI=1S/C33H33Cl2N3O6S/c1-36-33(40)29(19-23-10-6-4-7-11-23)37(21-24-14-16-27(34)28(35)18-24)32(39)22-38(25-12-8-5-9-13-25)45(41,42)26-15-17-30(43-2)31(20-26)44-3/h4-18,20,29H,19,21-22H2,1-3H3,(H,36,40)/t29-/m0/s1. The molecule has 0 heterocycles. The van der Waals surface area contributed by atoms with E-state index in [2.05, 4.69) is 5.32 Å². The van der Waals surface area contributed by atoms with Crippen molar-refractivity contribution in [3.05, 3.63) is 118 Å². The molecular weight excluding hydrogens is 637 g/mol. The van der Waals surface area contributed by atoms with Gasteiger partial charge < -0.3 is 19.7 Å². The molecular formula is C33H33Cl2N3O6S. The van der Waals surface area contributed by atoms with Crippen molar-refractivity contribution >= 4 is 50.7 Å². The zero-order valence-electron chi connectivity index (χ0n) is 24.9. The lowest BCUT2D eigenvalue weighted by molar-refractivity contribution is -0.139. The minimum absolute atomic E-state index is 0.0420. The molecule has 0 aliphatic carbocycles. The van der Waals surface area contributed by atoms with Crippen LogP contribution in [0, 0.1) is 0 Å². The number of anilines is 1. The van der Waals surface area contributed by atoms with Crippen LogP contribution in [0.25, 0.3) is 0 Å². The first-order valence-electron chi connectivity index (χ1n) is 13.9. The number of ether oxygens (including phenoxy) is 2. The van der Waals surface area contributed by atoms with Crippen molar-refractivity contribution in [2.24, 2.45) is 0 Å². The molecule has 9 nitrogen and oxygen atoms in total. The van der Waals surface area contributed by atoms with Crippen LogP contribution in [0.2, 0.25) is 10.0 Å². The summed E-state index contributed by atoms with van der Waals surface area (Å²) in [6.07, 6.45) is 0.182. The quantitative estimate of drug-likeness (QED) is 0.199. The molecule has 0 radical (unpaired) electrons. The molecule has 12 heteroatoms. The SMILES string of the molecule is CNC(=O)[C@H](Cc1ccccc1)N(Cc1ccc(Cl)c(Cl)c1)C(=O)CN(c1ccccc1)S(=O)(=O)c1ccc(OC)c(OC)c1. The van der Waals surface area contributed by atoms with Crippen LogP contribution >= 0.6 is 23.2 Å². The summed E-state index contributed by atoms with van der Waals surface area (Å²) in [4.78, 5) is 29.0. The van der Waals surface area contributed by atoms with Crippen LogP contribution in [0.3, 0.4) is 0 Å². The van der Waals surface area contributed by atoms with Crippen LogP contribution in [-0.2, 0) is 32.6 Å². The lowest BCUT2D eigenvalue weighted by Crippen LogP contribution is -2.53. The van der Waals surface area contributed by atoms with Crippen molar-refractivity contribution in [2.45, 2.75) is 23.9 Å². The van der Waals surface area contributed by atoms with Crippen LogP contribution < -0.4 is 19.1 Å². The molecule has 2 amide bonds. The molecule has 0 aromatic heterocycles. The highest BCUT2D eigenvalue weighted by atomic mass is 35.5. The predicted octanol–water partition coefficient (Wildman–Crippen LogP) is 5.59. The van der Waals surface area contributed by atoms with E-state index in [1.54, 1.807) is 48.5 Å². The van der Waals surface area contributed by atoms with Gasteiger partial charge in [-0.25, -0.2) is 8.42 Å². The molecule has 0 unspecified atom stereocenters. The molecule has 0 spiro atoms. The molecule has 0 saturated carbocycles. The Morgan fingerprint density at radius 3 is 2.04 bits per heavy atom. The number of para-hydroxylation sites is 1. The molecule has 4 aromatic rings. The second-order valence-electron chi connectivity index (χ2n) is 9.95. The number of halogens is 2. The average molecular weight is 671 g/mol. The van der Waals surface area contributed by atoms with E-state index in [0.717, 1.165) is 9.87 Å². The second kappa shape index (κ2) is 15.2. The number of hydrogen-bond donors (Lipinski definition) is 1. The Hall–Kier alpha value is -4.25. The molecule has 4 aromatic carbocycles. The first-order valence-corrected chi connectivity index (χ1v) is 16.1. The van der Waals surface area contributed by atoms with Crippen molar-refractivity contribution in [3.63, 3.8) is 0 Å². The largest absolute Gasteiger partial charge is 0.493 e. The van der Waals surface area contributed by atoms with E-state index in [1.165, 1.54) is 44.4 Å². The summed E-state index contributed by atoms with van der Waals surface area (Å²) in [6.45, 7) is -0.649. The lowest BCUT2D eigenvalue weighted by Gasteiger charge is -2.33. The van der Waals surface area contributed by atoms with Crippen LogP contribution in [0.5, 0.6) is 11.5 Å². The van der Waals surface area contributed by atoms with Crippen molar-refractivity contribution < 1.29 is 27.5 Å². The van der Waals surface area contributed by atoms with E-state index >= 15 is 0 Å². The highest BCUT2D eigenvalue weighted by molar-refractivity contribution is 7.92. The number of sulfonamides is 1. The van der Waals surface area contributed by atoms with E-state index in [9.17, 15) is 18.0 Å². The fourth-order valence-corrected chi connectivity index (χ4v) is 6.53. The van der Waals surface area contributed by atoms with E-state index < -0.39 is 34.4 Å². The van der Waals surface area contributed by atoms with Crippen LogP contribution in [0.15, 0.2) is 102 Å². The Labute approximate surface area is 273 Å². The van der Waals surface area contributed by atoms with Crippen molar-refractivity contribution in [1.82, 2.24) is 10.2 Å². The summed E-state index contributed by atoms with van der Waals surface area (Å²) in [6, 6.07) is 25.7. The van der Waals surface area contributed by atoms with Gasteiger partial charge in [-0.3, -0.25) is 13.9 Å². The summed E-state index contributed by atoms with van der Waals surface area (Å²) in [7, 11) is 0.00959. The van der Waals surface area contributed by atoms with Gasteiger partial charge in [-0.05, 0) is 47.5 Å². The molecule has 0 saturated heterocycles. The molecule has 0 aliphatic rings. The maximum Gasteiger partial charge on any atom is 0.264 e. The van der Waals surface area contributed by atoms with Gasteiger partial charge in [-0.15, -0.1) is 0 Å². The number of amides is 2. The van der Waals surface area contributed by atoms with Crippen LogP contribution in [-0.4, -0.2) is 59.0 Å². The minimum atomic E-state index is -4.32. The van der Waals surface area contributed by atoms with Gasteiger partial charge in [0.15, 0.2) is 11.5 Å². The number of carbonyl (C=O) groups excluding carboxylic acids is 2. The maximum absolute atomic E-state index is 14.4. The van der Waals surface area contributed by atoms with Gasteiger partial charge in [0.2, 0.25) is 11.8 Å². The normalized spacial score (nSPS) is 11.8. The maximum atomic E-state index is 14.4. The third-order valence-corrected chi connectivity index (χ3v) is 9.63. The number of methoxy groups -OCH3 is 2. The van der Waals surface area contributed by atoms with Crippen LogP contribution in [0.4, 0.5) is 5.69 Å². The predicted molar refractivity (Wildman–Crippen MR) is 176 cm³/mol. The number of benzene rings is 4. The summed E-state index contributed by atoms with van der Waals surface area (Å²) in [5, 5.41) is 3.27. The zero-order chi connectivity index (χ0) is 32.6. The fourth-order valence-electron chi connectivity index (χ4n) is 4.78. The Morgan fingerprint density at radius 1 is 0.800 bits per heavy atom. The zero-order valence-corrected chi connectivity index (χ0v) is 27.3. The Kier molecular flexibility index (Phi) is 11.3. The van der Waals surface area contributed by atoms with E-state index in [0.29, 0.717) is 16.3 Å². The van der Waals surface area contributed by atoms with Crippen molar-refractivity contribution in [3.8, 4) is 11.5 Å². The number of nitrogens with zero attached hydrogens (tertiary/aromatic N) is 2. The fraction of sp³-hybridized carbons (Fsp3) is 0.212. The topological polar surface area (TPSA) is 105 Å². The van der Waals surface area contributed by atoms with Crippen LogP contribution in [0.1, 0.15) is 11.1 Å². The molecule has 4 rings (SSSR count). The number of nitrogens with one attached hydrogen (secondary N) is 1. The van der Waals surface area contributed by atoms with Gasteiger partial charge in [0, 0.05) is 26.1 Å². The molecule has 1 atom stereocenters. The highest BCUT2D eigenvalue weighted by Crippen LogP contribution is 2.32. The molecule has 0 bridgehead atoms. The summed E-state index contributed by atoms with van der Waals surface area (Å²) in [5.74, 6) is -0.470. The van der Waals surface area contributed by atoms with E-state index in [1.807, 2.05) is 30.3 Å². The molecule has 1 N–H and O–H groups in total.